The average Bonchev–Trinajstić information content (AvgIpc) is 3.14. The number of methoxy groups -OCH3 is 1. The summed E-state index contributed by atoms with van der Waals surface area (Å²) < 4.78 is 19.6. The molecule has 8 atom stereocenters. The van der Waals surface area contributed by atoms with Crippen LogP contribution in [0.25, 0.3) is 0 Å². The van der Waals surface area contributed by atoms with Gasteiger partial charge in [0.1, 0.15) is 0 Å². The predicted octanol–water partition coefficient (Wildman–Crippen LogP) is 4.23. The molecule has 5 fully saturated rings. The molecule has 5 aliphatic rings. The first kappa shape index (κ1) is 34.1. The summed E-state index contributed by atoms with van der Waals surface area (Å²) in [5, 5.41) is 26.8. The van der Waals surface area contributed by atoms with Gasteiger partial charge in [0.15, 0.2) is 0 Å². The van der Waals surface area contributed by atoms with Crippen LogP contribution in [-0.2, 0) is 23.5 Å². The van der Waals surface area contributed by atoms with Gasteiger partial charge in [0.05, 0.1) is 0 Å². The fraction of sp³-hybridized carbons (Fsp3) is 0.743. The molecule has 0 radical (unpaired) electrons. The molecule has 11 heteroatoms. The Labute approximate surface area is 280 Å². The van der Waals surface area contributed by atoms with E-state index >= 15 is 0 Å². The predicted molar refractivity (Wildman–Crippen MR) is 176 cm³/mol. The van der Waals surface area contributed by atoms with Crippen LogP contribution in [0, 0.1) is 22.7 Å². The second-order valence-corrected chi connectivity index (χ2v) is 23.4. The van der Waals surface area contributed by atoms with Gasteiger partial charge < -0.3 is 0 Å². The zero-order chi connectivity index (χ0) is 33.6. The Hall–Kier alpha value is -1.75. The van der Waals surface area contributed by atoms with Gasteiger partial charge in [-0.3, -0.25) is 0 Å². The summed E-state index contributed by atoms with van der Waals surface area (Å²) in [5.74, 6) is -1.84. The van der Waals surface area contributed by atoms with Crippen molar-refractivity contribution in [2.24, 2.45) is 22.7 Å². The van der Waals surface area contributed by atoms with Gasteiger partial charge in [-0.2, -0.15) is 0 Å². The van der Waals surface area contributed by atoms with Gasteiger partial charge in [-0.1, -0.05) is 0 Å². The topological polar surface area (TPSA) is 123 Å². The Morgan fingerprint density at radius 1 is 1.04 bits per heavy atom. The first-order chi connectivity index (χ1) is 21.5. The third-order valence-corrected chi connectivity index (χ3v) is 20.5. The van der Waals surface area contributed by atoms with Gasteiger partial charge in [0.25, 0.3) is 0 Å². The standard InChI is InChI=1S/C35H51NO8SeSi/c1-8-43-28(38)32-16-12-15-31(21-36(22-32)29(39)42-5)25-19-23-20-26(45-24-13-10-9-11-14-24)33(17-18-34(31,32)40,35(25,41)27(23)37)44-46(6,7)30(2,3)4/h9-11,13-14,23,25-26,40-41H,8,12,15-22H2,1-7H3/t23-,25+,26-,31-,32+,33-,34-,35+/m1/s1. The van der Waals surface area contributed by atoms with Crippen molar-refractivity contribution in [3.05, 3.63) is 30.3 Å². The van der Waals surface area contributed by atoms with Crippen LogP contribution in [0.4, 0.5) is 4.79 Å². The molecule has 0 aromatic heterocycles. The monoisotopic (exact) mass is 721 g/mol. The van der Waals surface area contributed by atoms with Crippen molar-refractivity contribution in [2.45, 2.75) is 112 Å². The molecule has 2 N–H and O–H groups in total. The molecule has 1 saturated heterocycles. The van der Waals surface area contributed by atoms with E-state index in [0.29, 0.717) is 32.1 Å². The van der Waals surface area contributed by atoms with Gasteiger partial charge in [0, 0.05) is 0 Å². The van der Waals surface area contributed by atoms with E-state index in [4.69, 9.17) is 13.9 Å². The van der Waals surface area contributed by atoms with E-state index in [1.165, 1.54) is 16.5 Å². The van der Waals surface area contributed by atoms with Gasteiger partial charge in [0.2, 0.25) is 0 Å². The molecule has 4 bridgehead atoms. The van der Waals surface area contributed by atoms with Gasteiger partial charge in [-0.05, 0) is 0 Å². The summed E-state index contributed by atoms with van der Waals surface area (Å²) in [4.78, 5) is 43.6. The summed E-state index contributed by atoms with van der Waals surface area (Å²) in [5.41, 5.74) is -7.36. The van der Waals surface area contributed by atoms with Crippen LogP contribution in [0.3, 0.4) is 0 Å². The first-order valence-corrected chi connectivity index (χ1v) is 21.6. The third-order valence-electron chi connectivity index (χ3n) is 13.1. The molecule has 46 heavy (non-hydrogen) atoms. The fourth-order valence-corrected chi connectivity index (χ4v) is 15.0. The Bertz CT molecular complexity index is 1400. The molecule has 1 heterocycles. The van der Waals surface area contributed by atoms with Crippen molar-refractivity contribution in [2.75, 3.05) is 26.8 Å². The normalized spacial score (nSPS) is 40.2. The molecule has 1 aromatic carbocycles. The number of hydrogen-bond donors (Lipinski definition) is 2. The summed E-state index contributed by atoms with van der Waals surface area (Å²) in [6.07, 6.45) is 2.22. The summed E-state index contributed by atoms with van der Waals surface area (Å²) in [7, 11) is -1.32. The number of ketones is 1. The maximum absolute atomic E-state index is 14.8. The number of nitrogens with zero attached hydrogens (tertiary/aromatic N) is 1. The Morgan fingerprint density at radius 2 is 1.74 bits per heavy atom. The molecule has 6 rings (SSSR count). The summed E-state index contributed by atoms with van der Waals surface area (Å²) in [6.45, 7) is 12.8. The number of amides is 1. The second kappa shape index (κ2) is 11.1. The zero-order valence-corrected chi connectivity index (χ0v) is 31.1. The fourth-order valence-electron chi connectivity index (χ4n) is 10.1. The maximum atomic E-state index is 14.8. The van der Waals surface area contributed by atoms with Crippen molar-refractivity contribution in [1.82, 2.24) is 4.90 Å². The zero-order valence-electron chi connectivity index (χ0n) is 28.4. The molecular formula is C35H51NO8SeSi. The van der Waals surface area contributed by atoms with Crippen LogP contribution >= 0.6 is 0 Å². The molecule has 1 amide bonds. The molecule has 9 nitrogen and oxygen atoms in total. The summed E-state index contributed by atoms with van der Waals surface area (Å²) >= 11 is -0.146. The van der Waals surface area contributed by atoms with E-state index in [9.17, 15) is 24.6 Å². The van der Waals surface area contributed by atoms with Crippen LogP contribution < -0.4 is 4.46 Å². The molecule has 0 spiro atoms. The number of aliphatic hydroxyl groups is 2. The van der Waals surface area contributed by atoms with Crippen molar-refractivity contribution in [3.63, 3.8) is 0 Å². The van der Waals surface area contributed by atoms with Crippen LogP contribution in [0.2, 0.25) is 22.9 Å². The van der Waals surface area contributed by atoms with Gasteiger partial charge in [-0.15, -0.1) is 0 Å². The third kappa shape index (κ3) is 4.37. The summed E-state index contributed by atoms with van der Waals surface area (Å²) in [6, 6.07) is 10.3. The van der Waals surface area contributed by atoms with Crippen molar-refractivity contribution < 1.29 is 38.5 Å². The number of esters is 1. The molecular weight excluding hydrogens is 669 g/mol. The van der Waals surface area contributed by atoms with E-state index in [2.05, 4.69) is 46.0 Å². The molecule has 254 valence electrons. The number of Topliss-reactive ketones (excluding diaryl/α,β-unsaturated/α-hetero) is 1. The number of carbonyl (C=O) groups excluding carboxylic acids is 3. The van der Waals surface area contributed by atoms with E-state index in [1.54, 1.807) is 6.92 Å². The number of fused-ring (bicyclic) bond motifs is 1. The van der Waals surface area contributed by atoms with E-state index < -0.39 is 59.8 Å². The SMILES string of the molecule is CCOC(=O)[C@]12CCC[C@@]3(CN(C(=O)OC)C1)[C@@H]1C[C@@H]4C[C@@H]([Se]c5ccccc5)[C@](O[Si](C)(C)C(C)(C)C)(CC[C@]23O)[C@@]1(O)C4=O. The molecule has 4 aliphatic carbocycles. The number of hydrogen-bond acceptors (Lipinski definition) is 8. The first-order valence-electron chi connectivity index (χ1n) is 16.9. The van der Waals surface area contributed by atoms with Crippen molar-refractivity contribution in [1.29, 1.82) is 0 Å². The number of piperidine rings is 1. The minimum absolute atomic E-state index is 0.0350. The van der Waals surface area contributed by atoms with Crippen LogP contribution in [0.5, 0.6) is 0 Å². The van der Waals surface area contributed by atoms with Crippen molar-refractivity contribution in [3.8, 4) is 0 Å². The molecule has 1 aliphatic heterocycles. The quantitative estimate of drug-likeness (QED) is 0.331. The molecule has 4 saturated carbocycles. The van der Waals surface area contributed by atoms with Gasteiger partial charge in [-0.25, -0.2) is 0 Å². The van der Waals surface area contributed by atoms with E-state index in [-0.39, 0.29) is 63.1 Å². The Balaban J connectivity index is 1.61. The number of carbonyl (C=O) groups is 3. The minimum atomic E-state index is -2.64. The average molecular weight is 721 g/mol. The van der Waals surface area contributed by atoms with E-state index in [0.717, 1.165) is 0 Å². The second-order valence-electron chi connectivity index (χ2n) is 16.0. The van der Waals surface area contributed by atoms with Crippen LogP contribution in [-0.4, -0.2) is 99.8 Å². The molecule has 0 unspecified atom stereocenters. The van der Waals surface area contributed by atoms with Crippen LogP contribution in [0.15, 0.2) is 30.3 Å². The number of rotatable bonds is 6. The van der Waals surface area contributed by atoms with E-state index in [1.807, 2.05) is 18.2 Å². The van der Waals surface area contributed by atoms with Crippen molar-refractivity contribution >= 4 is 45.6 Å². The number of ether oxygens (including phenoxy) is 2. The number of likely N-dealkylation sites (tertiary alicyclic amines) is 1. The number of benzene rings is 1. The van der Waals surface area contributed by atoms with Gasteiger partial charge >= 0.3 is 281 Å². The Morgan fingerprint density at radius 3 is 2.37 bits per heavy atom. The molecule has 1 aromatic rings. The Kier molecular flexibility index (Phi) is 8.26. The van der Waals surface area contributed by atoms with Crippen LogP contribution in [0.1, 0.15) is 72.6 Å².